The Balaban J connectivity index is 1.66. The zero-order valence-electron chi connectivity index (χ0n) is 36.2. The van der Waals surface area contributed by atoms with Crippen molar-refractivity contribution >= 4 is 54.5 Å². The molecule has 0 unspecified atom stereocenters. The summed E-state index contributed by atoms with van der Waals surface area (Å²) < 4.78 is 437. The molecule has 0 radical (unpaired) electrons. The van der Waals surface area contributed by atoms with Crippen LogP contribution in [0.5, 0.6) is 0 Å². The second-order valence-corrected chi connectivity index (χ2v) is 16.6. The molecule has 0 aliphatic rings. The van der Waals surface area contributed by atoms with Crippen molar-refractivity contribution in [3.63, 3.8) is 0 Å². The predicted molar refractivity (Wildman–Crippen MR) is 211 cm³/mol. The Morgan fingerprint density at radius 1 is 0.195 bits per heavy atom. The lowest BCUT2D eigenvalue weighted by atomic mass is 9.82. The van der Waals surface area contributed by atoms with Crippen molar-refractivity contribution < 1.29 is 123 Å². The van der Waals surface area contributed by atoms with Crippen molar-refractivity contribution in [2.45, 2.75) is 0 Å². The number of hydrogen-bond donors (Lipinski definition) is 0. The number of hydrogen-bond acceptors (Lipinski definition) is 0. The Morgan fingerprint density at radius 3 is 0.727 bits per heavy atom. The molecule has 0 spiro atoms. The largest absolute Gasteiger partial charge is 0.258 e. The van der Waals surface area contributed by atoms with Crippen LogP contribution in [0.3, 0.4) is 0 Å². The summed E-state index contributed by atoms with van der Waals surface area (Å²) in [6, 6.07) is -0.643. The van der Waals surface area contributed by atoms with Gasteiger partial charge in [0.1, 0.15) is 23.1 Å². The third-order valence-corrected chi connectivity index (χ3v) is 12.4. The van der Waals surface area contributed by atoms with Crippen LogP contribution in [0.4, 0.5) is 134 Å². The SMILES string of the molecule is C[N+](C)(c1ccc(-c2c(F)c(F)c3c(F)c(F)c(F)c(F)c3c2F)c(-c2c(F)c(F)c3c(F)c(F)c(F)c(F)c3c2F)c1-c1c(F)c(F)c2c(F)c(F)c(F)c(F)c2c1F)c1c(F)c(F)c2c(F)c(F)c(F)c(F)c2c1F. The molecule has 9 rings (SSSR count). The fourth-order valence-corrected chi connectivity index (χ4v) is 8.99. The molecular formula is C48H8F28N+. The molecule has 0 aromatic heterocycles. The summed E-state index contributed by atoms with van der Waals surface area (Å²) in [5.41, 5.74) is -21.1. The summed E-state index contributed by atoms with van der Waals surface area (Å²) in [4.78, 5) is 0. The van der Waals surface area contributed by atoms with Gasteiger partial charge in [0.25, 0.3) is 0 Å². The average Bonchev–Trinajstić information content (AvgIpc) is 3.47. The molecule has 29 heteroatoms. The van der Waals surface area contributed by atoms with Gasteiger partial charge in [-0.25, -0.2) is 114 Å². The summed E-state index contributed by atoms with van der Waals surface area (Å²) in [7, 11) is 0.109. The van der Waals surface area contributed by atoms with E-state index in [1.165, 1.54) is 0 Å². The Bertz CT molecular complexity index is 4280. The van der Waals surface area contributed by atoms with E-state index >= 15 is 83.4 Å². The molecule has 0 N–H and O–H groups in total. The first-order chi connectivity index (χ1) is 35.7. The van der Waals surface area contributed by atoms with Crippen molar-refractivity contribution in [1.29, 1.82) is 0 Å². The van der Waals surface area contributed by atoms with Crippen molar-refractivity contribution in [3.8, 4) is 33.4 Å². The standard InChI is InChI=1S/C48H8F28N/c1-77(2,48-38(67)19-18(37(66)47(48)76)35(64)45(74)46(75)36(19)65)6-4-3-5(8-20(49)12-15(26(55)23(8)52)32(61)42(71)39(68)29(12)58)7(10-21(50)13-16(27(56)24(10)53)33(62)43(72)40(69)30(13)59)9(6)11-22(51)14-17(28(57)25(11)54)34(63)44(73)41(70)31(14)60/h3-4H,1-2H3/q+1. The zero-order chi connectivity index (χ0) is 57.3. The minimum atomic E-state index is -3.41. The van der Waals surface area contributed by atoms with Gasteiger partial charge in [0, 0.05) is 11.6 Å². The maximum absolute atomic E-state index is 17.4. The van der Waals surface area contributed by atoms with Crippen LogP contribution < -0.4 is 4.48 Å². The molecule has 0 atom stereocenters. The van der Waals surface area contributed by atoms with Crippen molar-refractivity contribution in [2.75, 3.05) is 14.1 Å². The number of nitrogens with zero attached hydrogens (tertiary/aromatic N) is 1. The van der Waals surface area contributed by atoms with Gasteiger partial charge < -0.3 is 0 Å². The van der Waals surface area contributed by atoms with Crippen molar-refractivity contribution in [2.24, 2.45) is 0 Å². The van der Waals surface area contributed by atoms with Gasteiger partial charge in [-0.2, -0.15) is 8.78 Å². The van der Waals surface area contributed by atoms with E-state index in [-0.39, 0.29) is 26.2 Å². The number of rotatable bonds is 5. The maximum atomic E-state index is 17.4. The minimum Gasteiger partial charge on any atom is -0.258 e. The smallest absolute Gasteiger partial charge is 0.223 e. The van der Waals surface area contributed by atoms with Gasteiger partial charge in [-0.05, 0) is 11.6 Å². The monoisotopic (exact) mass is 1130 g/mol. The molecular weight excluding hydrogens is 1120 g/mol. The van der Waals surface area contributed by atoms with Crippen LogP contribution in [-0.4, -0.2) is 14.1 Å². The van der Waals surface area contributed by atoms with E-state index in [0.29, 0.717) is 0 Å². The highest BCUT2D eigenvalue weighted by Gasteiger charge is 2.45. The number of quaternary nitrogens is 1. The fraction of sp³-hybridized carbons (Fsp3) is 0.0417. The lowest BCUT2D eigenvalue weighted by Gasteiger charge is -2.34. The molecule has 0 bridgehead atoms. The number of benzene rings is 9. The van der Waals surface area contributed by atoms with E-state index in [9.17, 15) is 39.5 Å². The van der Waals surface area contributed by atoms with Gasteiger partial charge in [-0.1, -0.05) is 0 Å². The van der Waals surface area contributed by atoms with E-state index in [1.54, 1.807) is 0 Å². The van der Waals surface area contributed by atoms with Gasteiger partial charge >= 0.3 is 0 Å². The molecule has 9 aromatic rings. The summed E-state index contributed by atoms with van der Waals surface area (Å²) in [5, 5.41) is -20.9. The third-order valence-electron chi connectivity index (χ3n) is 12.4. The Labute approximate surface area is 404 Å². The first kappa shape index (κ1) is 53.8. The van der Waals surface area contributed by atoms with Crippen LogP contribution in [0.1, 0.15) is 0 Å². The van der Waals surface area contributed by atoms with Crippen LogP contribution in [0.25, 0.3) is 76.5 Å². The predicted octanol–water partition coefficient (Wildman–Crippen LogP) is 17.1. The number of fused-ring (bicyclic) bond motifs is 4. The van der Waals surface area contributed by atoms with E-state index in [1.807, 2.05) is 0 Å². The van der Waals surface area contributed by atoms with E-state index < -0.39 is 255 Å². The molecule has 9 aromatic carbocycles. The second-order valence-electron chi connectivity index (χ2n) is 16.6. The van der Waals surface area contributed by atoms with E-state index in [0.717, 1.165) is 0 Å². The summed E-state index contributed by atoms with van der Waals surface area (Å²) in [6.45, 7) is 0. The second kappa shape index (κ2) is 17.5. The van der Waals surface area contributed by atoms with Crippen LogP contribution in [-0.2, 0) is 0 Å². The molecule has 400 valence electrons. The van der Waals surface area contributed by atoms with Crippen LogP contribution in [0, 0.1) is 163 Å². The molecule has 0 heterocycles. The topological polar surface area (TPSA) is 0 Å². The summed E-state index contributed by atoms with van der Waals surface area (Å²) in [5.74, 6) is -87.5. The fourth-order valence-electron chi connectivity index (χ4n) is 8.99. The van der Waals surface area contributed by atoms with E-state index in [2.05, 4.69) is 0 Å². The third kappa shape index (κ3) is 6.79. The lowest BCUT2D eigenvalue weighted by Crippen LogP contribution is -2.37. The normalized spacial score (nSPS) is 12.3. The lowest BCUT2D eigenvalue weighted by molar-refractivity contribution is 0.407. The van der Waals surface area contributed by atoms with Gasteiger partial charge in [0.05, 0.1) is 79.4 Å². The molecule has 77 heavy (non-hydrogen) atoms. The number of halogens is 28. The van der Waals surface area contributed by atoms with Gasteiger partial charge in [0.2, 0.25) is 11.5 Å². The van der Waals surface area contributed by atoms with Crippen molar-refractivity contribution in [1.82, 2.24) is 4.48 Å². The molecule has 0 aliphatic carbocycles. The highest BCUT2D eigenvalue weighted by Crippen LogP contribution is 2.56. The molecule has 0 amide bonds. The highest BCUT2D eigenvalue weighted by atomic mass is 19.2. The molecule has 0 aliphatic heterocycles. The average molecular weight is 1130 g/mol. The van der Waals surface area contributed by atoms with Gasteiger partial charge in [-0.3, -0.25) is 4.48 Å². The Kier molecular flexibility index (Phi) is 12.3. The first-order valence-electron chi connectivity index (χ1n) is 20.0. The van der Waals surface area contributed by atoms with Gasteiger partial charge in [0.15, 0.2) is 140 Å². The van der Waals surface area contributed by atoms with Crippen LogP contribution in [0.2, 0.25) is 0 Å². The molecule has 0 saturated heterocycles. The van der Waals surface area contributed by atoms with Crippen LogP contribution in [0.15, 0.2) is 12.1 Å². The minimum absolute atomic E-state index is 0.0545. The first-order valence-corrected chi connectivity index (χ1v) is 20.0. The molecule has 0 saturated carbocycles. The van der Waals surface area contributed by atoms with Crippen LogP contribution >= 0.6 is 0 Å². The summed E-state index contributed by atoms with van der Waals surface area (Å²) in [6.07, 6.45) is 0. The highest BCUT2D eigenvalue weighted by molar-refractivity contribution is 6.07. The van der Waals surface area contributed by atoms with Crippen molar-refractivity contribution in [3.05, 3.63) is 175 Å². The van der Waals surface area contributed by atoms with Gasteiger partial charge in [-0.15, -0.1) is 0 Å². The van der Waals surface area contributed by atoms with E-state index in [4.69, 9.17) is 0 Å². The maximum Gasteiger partial charge on any atom is 0.223 e. The zero-order valence-corrected chi connectivity index (χ0v) is 36.2. The molecule has 0 fully saturated rings. The Hall–Kier alpha value is -7.98. The Morgan fingerprint density at radius 2 is 0.416 bits per heavy atom. The molecule has 1 nitrogen and oxygen atoms in total. The summed E-state index contributed by atoms with van der Waals surface area (Å²) >= 11 is 0. The quantitative estimate of drug-likeness (QED) is 0.0697.